The molecule has 0 saturated carbocycles. The van der Waals surface area contributed by atoms with Crippen molar-refractivity contribution in [3.05, 3.63) is 87.7 Å². The molecule has 1 aliphatic rings. The molecule has 1 aromatic carbocycles. The van der Waals surface area contributed by atoms with Crippen molar-refractivity contribution in [3.63, 3.8) is 0 Å². The van der Waals surface area contributed by atoms with Gasteiger partial charge < -0.3 is 14.6 Å². The van der Waals surface area contributed by atoms with E-state index in [2.05, 4.69) is 16.0 Å². The quantitative estimate of drug-likeness (QED) is 0.512. The molecule has 4 heterocycles. The fraction of sp³-hybridized carbons (Fsp3) is 0.250. The molecule has 0 aliphatic carbocycles. The maximum atomic E-state index is 13.0. The van der Waals surface area contributed by atoms with Gasteiger partial charge >= 0.3 is 0 Å². The summed E-state index contributed by atoms with van der Waals surface area (Å²) in [5.41, 5.74) is 4.16. The van der Waals surface area contributed by atoms with Crippen molar-refractivity contribution in [2.24, 2.45) is 7.05 Å². The van der Waals surface area contributed by atoms with Crippen LogP contribution in [0.15, 0.2) is 59.5 Å². The van der Waals surface area contributed by atoms with E-state index in [1.165, 1.54) is 34.0 Å². The molecular weight excluding hydrogens is 431 g/mol. The maximum absolute atomic E-state index is 13.0. The van der Waals surface area contributed by atoms with Crippen LogP contribution in [0, 0.1) is 5.82 Å². The fourth-order valence-corrected chi connectivity index (χ4v) is 4.18. The van der Waals surface area contributed by atoms with Crippen LogP contribution in [0.25, 0.3) is 16.9 Å². The van der Waals surface area contributed by atoms with Crippen molar-refractivity contribution in [3.8, 4) is 11.6 Å². The molecule has 4 aromatic rings. The van der Waals surface area contributed by atoms with Crippen LogP contribution >= 0.6 is 12.4 Å². The van der Waals surface area contributed by atoms with Crippen molar-refractivity contribution < 1.29 is 9.13 Å². The lowest BCUT2D eigenvalue weighted by atomic mass is 10.1. The largest absolute Gasteiger partial charge is 0.489 e. The van der Waals surface area contributed by atoms with Crippen LogP contribution in [0.1, 0.15) is 16.8 Å². The van der Waals surface area contributed by atoms with Crippen LogP contribution in [0.3, 0.4) is 0 Å². The number of nitrogens with one attached hydrogen (secondary N) is 1. The Hall–Kier alpha value is -3.16. The summed E-state index contributed by atoms with van der Waals surface area (Å²) >= 11 is 0. The molecular formula is C24H24ClFN4O2. The first-order valence-electron chi connectivity index (χ1n) is 10.4. The van der Waals surface area contributed by atoms with Gasteiger partial charge in [-0.15, -0.1) is 12.4 Å². The smallest absolute Gasteiger partial charge is 0.259 e. The van der Waals surface area contributed by atoms with Crippen molar-refractivity contribution in [2.45, 2.75) is 19.4 Å². The van der Waals surface area contributed by atoms with E-state index in [9.17, 15) is 9.18 Å². The number of aromatic nitrogens is 3. The number of halogens is 2. The zero-order chi connectivity index (χ0) is 21.4. The van der Waals surface area contributed by atoms with Crippen LogP contribution in [0.2, 0.25) is 0 Å². The van der Waals surface area contributed by atoms with Gasteiger partial charge in [-0.25, -0.2) is 9.37 Å². The number of pyridine rings is 2. The van der Waals surface area contributed by atoms with Gasteiger partial charge in [0, 0.05) is 43.4 Å². The molecule has 0 bridgehead atoms. The highest BCUT2D eigenvalue weighted by Crippen LogP contribution is 2.27. The van der Waals surface area contributed by atoms with Crippen molar-refractivity contribution in [2.75, 3.05) is 13.1 Å². The molecule has 32 heavy (non-hydrogen) atoms. The number of aryl methyl sites for hydroxylation is 1. The minimum atomic E-state index is -0.290. The molecule has 6 nitrogen and oxygen atoms in total. The number of hydrogen-bond donors (Lipinski definition) is 1. The predicted octanol–water partition coefficient (Wildman–Crippen LogP) is 3.55. The van der Waals surface area contributed by atoms with Crippen LogP contribution in [-0.2, 0) is 26.5 Å². The Balaban J connectivity index is 0.00000245. The van der Waals surface area contributed by atoms with E-state index in [0.717, 1.165) is 42.5 Å². The standard InChI is InChI=1S/C24H23FN4O2.ClH/c1-28-21-9-12-26-11-8-19(21)20-6-7-22(27-24(20)28)29-13-10-18(14-23(29)30)31-15-16-2-4-17(25)5-3-16;/h2-7,10,13-14,26H,8-9,11-12,15H2,1H3;1H. The molecule has 3 aromatic heterocycles. The molecule has 0 radical (unpaired) electrons. The minimum Gasteiger partial charge on any atom is -0.489 e. The first kappa shape index (κ1) is 22.0. The molecule has 166 valence electrons. The van der Waals surface area contributed by atoms with Gasteiger partial charge in [0.25, 0.3) is 5.56 Å². The van der Waals surface area contributed by atoms with E-state index in [0.29, 0.717) is 11.6 Å². The number of nitrogens with zero attached hydrogens (tertiary/aromatic N) is 3. The fourth-order valence-electron chi connectivity index (χ4n) is 4.18. The minimum absolute atomic E-state index is 0. The van der Waals surface area contributed by atoms with E-state index >= 15 is 0 Å². The van der Waals surface area contributed by atoms with Crippen LogP contribution in [0.5, 0.6) is 5.75 Å². The Bertz CT molecular complexity index is 1310. The van der Waals surface area contributed by atoms with Gasteiger partial charge in [0.1, 0.15) is 29.6 Å². The Morgan fingerprint density at radius 3 is 2.66 bits per heavy atom. The van der Waals surface area contributed by atoms with E-state index in [4.69, 9.17) is 9.72 Å². The summed E-state index contributed by atoms with van der Waals surface area (Å²) in [6, 6.07) is 13.2. The van der Waals surface area contributed by atoms with Gasteiger partial charge in [-0.1, -0.05) is 12.1 Å². The van der Waals surface area contributed by atoms with Gasteiger partial charge in [0.15, 0.2) is 0 Å². The lowest BCUT2D eigenvalue weighted by molar-refractivity contribution is 0.305. The summed E-state index contributed by atoms with van der Waals surface area (Å²) in [6.07, 6.45) is 3.62. The zero-order valence-electron chi connectivity index (χ0n) is 17.7. The van der Waals surface area contributed by atoms with E-state index in [1.54, 1.807) is 24.4 Å². The van der Waals surface area contributed by atoms with Gasteiger partial charge in [0.05, 0.1) is 0 Å². The molecule has 0 amide bonds. The van der Waals surface area contributed by atoms with Gasteiger partial charge in [-0.3, -0.25) is 9.36 Å². The van der Waals surface area contributed by atoms with Crippen LogP contribution in [-0.4, -0.2) is 27.2 Å². The first-order chi connectivity index (χ1) is 15.1. The summed E-state index contributed by atoms with van der Waals surface area (Å²) in [4.78, 5) is 17.5. The Morgan fingerprint density at radius 1 is 1.09 bits per heavy atom. The highest BCUT2D eigenvalue weighted by molar-refractivity contribution is 5.85. The molecule has 0 atom stereocenters. The highest BCUT2D eigenvalue weighted by Gasteiger charge is 2.18. The van der Waals surface area contributed by atoms with Gasteiger partial charge in [-0.2, -0.15) is 0 Å². The SMILES string of the molecule is Cl.Cn1c2c(c3ccc(-n4ccc(OCc5ccc(F)cc5)cc4=O)nc31)CCNCC2. The highest BCUT2D eigenvalue weighted by atomic mass is 35.5. The van der Waals surface area contributed by atoms with Crippen LogP contribution < -0.4 is 15.6 Å². The second-order valence-corrected chi connectivity index (χ2v) is 7.76. The Kier molecular flexibility index (Phi) is 6.30. The number of fused-ring (bicyclic) bond motifs is 3. The van der Waals surface area contributed by atoms with Crippen LogP contribution in [0.4, 0.5) is 4.39 Å². The topological polar surface area (TPSA) is 61.1 Å². The number of ether oxygens (including phenoxy) is 1. The molecule has 1 N–H and O–H groups in total. The van der Waals surface area contributed by atoms with Crippen molar-refractivity contribution >= 4 is 23.4 Å². The third kappa shape index (κ3) is 4.13. The second kappa shape index (κ2) is 9.14. The lowest BCUT2D eigenvalue weighted by Crippen LogP contribution is -2.18. The second-order valence-electron chi connectivity index (χ2n) is 7.76. The summed E-state index contributed by atoms with van der Waals surface area (Å²) in [7, 11) is 2.04. The van der Waals surface area contributed by atoms with Gasteiger partial charge in [0.2, 0.25) is 0 Å². The Morgan fingerprint density at radius 2 is 1.88 bits per heavy atom. The molecule has 5 rings (SSSR count). The number of benzene rings is 1. The molecule has 0 fully saturated rings. The van der Waals surface area contributed by atoms with Crippen molar-refractivity contribution in [1.29, 1.82) is 0 Å². The summed E-state index contributed by atoms with van der Waals surface area (Å²) in [5.74, 6) is 0.753. The average molecular weight is 455 g/mol. The van der Waals surface area contributed by atoms with Gasteiger partial charge in [-0.05, 0) is 54.4 Å². The van der Waals surface area contributed by atoms with E-state index < -0.39 is 0 Å². The third-order valence-electron chi connectivity index (χ3n) is 5.80. The predicted molar refractivity (Wildman–Crippen MR) is 125 cm³/mol. The molecule has 0 saturated heterocycles. The Labute approximate surface area is 191 Å². The summed E-state index contributed by atoms with van der Waals surface area (Å²) in [6.45, 7) is 2.19. The average Bonchev–Trinajstić information content (AvgIpc) is 2.93. The van der Waals surface area contributed by atoms with Crippen molar-refractivity contribution in [1.82, 2.24) is 19.4 Å². The summed E-state index contributed by atoms with van der Waals surface area (Å²) < 4.78 is 22.4. The molecule has 8 heteroatoms. The number of hydrogen-bond acceptors (Lipinski definition) is 4. The first-order valence-corrected chi connectivity index (χ1v) is 10.4. The van der Waals surface area contributed by atoms with E-state index in [1.807, 2.05) is 13.1 Å². The zero-order valence-corrected chi connectivity index (χ0v) is 18.5. The maximum Gasteiger partial charge on any atom is 0.259 e. The number of rotatable bonds is 4. The summed E-state index contributed by atoms with van der Waals surface area (Å²) in [5, 5.41) is 4.59. The molecule has 0 spiro atoms. The molecule has 1 aliphatic heterocycles. The third-order valence-corrected chi connectivity index (χ3v) is 5.80. The molecule has 0 unspecified atom stereocenters. The lowest BCUT2D eigenvalue weighted by Gasteiger charge is -2.09. The van der Waals surface area contributed by atoms with E-state index in [-0.39, 0.29) is 30.4 Å². The monoisotopic (exact) mass is 454 g/mol. The normalized spacial score (nSPS) is 13.3.